The van der Waals surface area contributed by atoms with Gasteiger partial charge in [0, 0.05) is 0 Å². The molecule has 0 saturated heterocycles. The zero-order valence-corrected chi connectivity index (χ0v) is 11.9. The maximum absolute atomic E-state index is 12.6. The molecule has 1 aromatic rings. The Kier molecular flexibility index (Phi) is 5.59. The van der Waals surface area contributed by atoms with Crippen molar-refractivity contribution in [3.63, 3.8) is 0 Å². The van der Waals surface area contributed by atoms with Gasteiger partial charge in [0.1, 0.15) is 6.10 Å². The number of hydrogen-bond acceptors (Lipinski definition) is 2. The third-order valence-corrected chi connectivity index (χ3v) is 3.77. The first kappa shape index (κ1) is 17.0. The van der Waals surface area contributed by atoms with Gasteiger partial charge in [0.15, 0.2) is 0 Å². The Labute approximate surface area is 117 Å². The summed E-state index contributed by atoms with van der Waals surface area (Å²) >= 11 is 0. The number of halogens is 3. The molecule has 0 saturated carbocycles. The lowest BCUT2D eigenvalue weighted by molar-refractivity contribution is -0.137. The van der Waals surface area contributed by atoms with Gasteiger partial charge in [0.05, 0.1) is 11.7 Å². The molecule has 0 fully saturated rings. The van der Waals surface area contributed by atoms with Crippen LogP contribution in [0.2, 0.25) is 0 Å². The van der Waals surface area contributed by atoms with E-state index in [2.05, 4.69) is 0 Å². The minimum Gasteiger partial charge on any atom is -0.390 e. The topological polar surface area (TPSA) is 40.5 Å². The van der Waals surface area contributed by atoms with E-state index in [1.165, 1.54) is 13.0 Å². The van der Waals surface area contributed by atoms with Crippen LogP contribution in [0.4, 0.5) is 13.2 Å². The minimum absolute atomic E-state index is 0.0771. The van der Waals surface area contributed by atoms with Gasteiger partial charge in [-0.25, -0.2) is 0 Å². The molecular formula is C15H21F3O2. The summed E-state index contributed by atoms with van der Waals surface area (Å²) in [6, 6.07) is 3.18. The number of benzene rings is 1. The Balaban J connectivity index is 3.03. The summed E-state index contributed by atoms with van der Waals surface area (Å²) in [4.78, 5) is 0. The highest BCUT2D eigenvalue weighted by atomic mass is 19.4. The van der Waals surface area contributed by atoms with Crippen LogP contribution in [0.5, 0.6) is 0 Å². The number of aliphatic hydroxyl groups excluding tert-OH is 2. The molecule has 0 aromatic heterocycles. The van der Waals surface area contributed by atoms with Gasteiger partial charge in [0.2, 0.25) is 0 Å². The summed E-state index contributed by atoms with van der Waals surface area (Å²) in [5.41, 5.74) is -0.0716. The molecule has 2 N–H and O–H groups in total. The zero-order chi connectivity index (χ0) is 15.5. The van der Waals surface area contributed by atoms with Gasteiger partial charge >= 0.3 is 6.18 Å². The number of rotatable bonds is 5. The monoisotopic (exact) mass is 290 g/mol. The van der Waals surface area contributed by atoms with E-state index in [0.717, 1.165) is 12.1 Å². The lowest BCUT2D eigenvalue weighted by atomic mass is 9.88. The molecule has 20 heavy (non-hydrogen) atoms. The molecule has 0 radical (unpaired) electrons. The third kappa shape index (κ3) is 3.73. The largest absolute Gasteiger partial charge is 0.416 e. The van der Waals surface area contributed by atoms with Gasteiger partial charge in [-0.15, -0.1) is 0 Å². The Morgan fingerprint density at radius 3 is 2.05 bits per heavy atom. The molecule has 114 valence electrons. The number of aliphatic hydroxyl groups is 2. The Bertz CT molecular complexity index is 439. The predicted molar refractivity (Wildman–Crippen MR) is 71.2 cm³/mol. The van der Waals surface area contributed by atoms with Gasteiger partial charge in [-0.3, -0.25) is 0 Å². The maximum atomic E-state index is 12.6. The van der Waals surface area contributed by atoms with Crippen molar-refractivity contribution < 1.29 is 23.4 Å². The van der Waals surface area contributed by atoms with Crippen LogP contribution < -0.4 is 0 Å². The summed E-state index contributed by atoms with van der Waals surface area (Å²) in [5, 5.41) is 20.3. The normalized spacial score (nSPS) is 15.4. The molecule has 2 unspecified atom stereocenters. The summed E-state index contributed by atoms with van der Waals surface area (Å²) in [6.45, 7) is 5.32. The molecule has 0 bridgehead atoms. The van der Waals surface area contributed by atoms with Gasteiger partial charge in [-0.05, 0) is 36.1 Å². The second kappa shape index (κ2) is 6.59. The van der Waals surface area contributed by atoms with Crippen molar-refractivity contribution >= 4 is 0 Å². The molecule has 0 aliphatic carbocycles. The van der Waals surface area contributed by atoms with Crippen molar-refractivity contribution in [2.75, 3.05) is 0 Å². The van der Waals surface area contributed by atoms with Crippen molar-refractivity contribution in [1.82, 2.24) is 0 Å². The average molecular weight is 290 g/mol. The standard InChI is InChI=1S/C15H21F3O2/c1-4-10(5-2)13(19)14(20)12-7-6-11(8-9(12)3)15(16,17)18/h6-8,10,13-14,19-20H,4-5H2,1-3H3. The maximum Gasteiger partial charge on any atom is 0.416 e. The predicted octanol–water partition coefficient (Wildman–Crippen LogP) is 3.84. The van der Waals surface area contributed by atoms with Crippen LogP contribution in [-0.4, -0.2) is 16.3 Å². The molecule has 1 aromatic carbocycles. The number of aryl methyl sites for hydroxylation is 1. The molecule has 1 rings (SSSR count). The van der Waals surface area contributed by atoms with Crippen molar-refractivity contribution in [2.45, 2.75) is 52.0 Å². The van der Waals surface area contributed by atoms with Crippen LogP contribution in [0.15, 0.2) is 18.2 Å². The highest BCUT2D eigenvalue weighted by molar-refractivity contribution is 5.34. The van der Waals surface area contributed by atoms with Crippen molar-refractivity contribution in [1.29, 1.82) is 0 Å². The molecule has 2 atom stereocenters. The van der Waals surface area contributed by atoms with Gasteiger partial charge in [-0.1, -0.05) is 32.8 Å². The van der Waals surface area contributed by atoms with E-state index in [9.17, 15) is 23.4 Å². The number of alkyl halides is 3. The quantitative estimate of drug-likeness (QED) is 0.865. The Morgan fingerprint density at radius 1 is 1.10 bits per heavy atom. The molecule has 5 heteroatoms. The lowest BCUT2D eigenvalue weighted by Gasteiger charge is -2.26. The van der Waals surface area contributed by atoms with Crippen LogP contribution in [-0.2, 0) is 6.18 Å². The summed E-state index contributed by atoms with van der Waals surface area (Å²) < 4.78 is 37.8. The van der Waals surface area contributed by atoms with Crippen molar-refractivity contribution in [2.24, 2.45) is 5.92 Å². The zero-order valence-electron chi connectivity index (χ0n) is 11.9. The van der Waals surface area contributed by atoms with Gasteiger partial charge < -0.3 is 10.2 Å². The minimum atomic E-state index is -4.40. The number of hydrogen-bond donors (Lipinski definition) is 2. The molecule has 0 spiro atoms. The van der Waals surface area contributed by atoms with Crippen LogP contribution in [0, 0.1) is 12.8 Å². The van der Waals surface area contributed by atoms with Crippen LogP contribution in [0.3, 0.4) is 0 Å². The van der Waals surface area contributed by atoms with E-state index in [1.54, 1.807) is 0 Å². The first-order chi connectivity index (χ1) is 9.22. The van der Waals surface area contributed by atoms with E-state index in [0.29, 0.717) is 24.0 Å². The first-order valence-corrected chi connectivity index (χ1v) is 6.76. The fourth-order valence-electron chi connectivity index (χ4n) is 2.40. The summed E-state index contributed by atoms with van der Waals surface area (Å²) in [5.74, 6) is -0.0771. The van der Waals surface area contributed by atoms with Crippen LogP contribution in [0.25, 0.3) is 0 Å². The second-order valence-electron chi connectivity index (χ2n) is 5.08. The smallest absolute Gasteiger partial charge is 0.390 e. The molecular weight excluding hydrogens is 269 g/mol. The average Bonchev–Trinajstić information content (AvgIpc) is 2.38. The summed E-state index contributed by atoms with van der Waals surface area (Å²) in [6.07, 6.45) is -5.13. The lowest BCUT2D eigenvalue weighted by Crippen LogP contribution is -2.27. The molecule has 0 amide bonds. The van der Waals surface area contributed by atoms with E-state index in [4.69, 9.17) is 0 Å². The van der Waals surface area contributed by atoms with E-state index in [-0.39, 0.29) is 5.92 Å². The van der Waals surface area contributed by atoms with Gasteiger partial charge in [-0.2, -0.15) is 13.2 Å². The third-order valence-electron chi connectivity index (χ3n) is 3.77. The molecule has 2 nitrogen and oxygen atoms in total. The highest BCUT2D eigenvalue weighted by Crippen LogP contribution is 2.33. The molecule has 0 heterocycles. The van der Waals surface area contributed by atoms with E-state index >= 15 is 0 Å². The summed E-state index contributed by atoms with van der Waals surface area (Å²) in [7, 11) is 0. The Morgan fingerprint density at radius 2 is 1.65 bits per heavy atom. The molecule has 0 aliphatic rings. The highest BCUT2D eigenvalue weighted by Gasteiger charge is 2.32. The molecule has 0 aliphatic heterocycles. The Hall–Kier alpha value is -1.07. The SMILES string of the molecule is CCC(CC)C(O)C(O)c1ccc(C(F)(F)F)cc1C. The van der Waals surface area contributed by atoms with Crippen molar-refractivity contribution in [3.8, 4) is 0 Å². The van der Waals surface area contributed by atoms with Gasteiger partial charge in [0.25, 0.3) is 0 Å². The van der Waals surface area contributed by atoms with Crippen molar-refractivity contribution in [3.05, 3.63) is 34.9 Å². The van der Waals surface area contributed by atoms with Crippen LogP contribution >= 0.6 is 0 Å². The van der Waals surface area contributed by atoms with E-state index < -0.39 is 23.9 Å². The second-order valence-corrected chi connectivity index (χ2v) is 5.08. The fraction of sp³-hybridized carbons (Fsp3) is 0.600. The van der Waals surface area contributed by atoms with Crippen LogP contribution in [0.1, 0.15) is 49.5 Å². The van der Waals surface area contributed by atoms with E-state index in [1.807, 2.05) is 13.8 Å². The fourth-order valence-corrected chi connectivity index (χ4v) is 2.40. The first-order valence-electron chi connectivity index (χ1n) is 6.76.